The van der Waals surface area contributed by atoms with Crippen molar-refractivity contribution in [3.05, 3.63) is 218 Å². The molecule has 0 saturated heterocycles. The molecule has 0 spiro atoms. The van der Waals surface area contributed by atoms with Crippen molar-refractivity contribution in [2.24, 2.45) is 0 Å². The Morgan fingerprint density at radius 1 is 0.328 bits per heavy atom. The summed E-state index contributed by atoms with van der Waals surface area (Å²) in [4.78, 5) is 5.10. The maximum Gasteiger partial charge on any atom is 0.0715 e. The topological polar surface area (TPSA) is 22.8 Å². The maximum atomic E-state index is 5.10. The molecule has 11 aromatic rings. The number of para-hydroxylation sites is 3. The average molecular weight is 738 g/mol. The van der Waals surface area contributed by atoms with Crippen molar-refractivity contribution in [1.29, 1.82) is 0 Å². The van der Waals surface area contributed by atoms with Crippen LogP contribution in [0.15, 0.2) is 212 Å². The van der Waals surface area contributed by atoms with E-state index in [0.717, 1.165) is 72.6 Å². The average Bonchev–Trinajstić information content (AvgIpc) is 3.80. The first-order valence-corrected chi connectivity index (χ1v) is 19.6. The molecule has 11 rings (SSSR count). The van der Waals surface area contributed by atoms with Gasteiger partial charge in [0.25, 0.3) is 0 Å². The van der Waals surface area contributed by atoms with Crippen molar-refractivity contribution < 1.29 is 0 Å². The normalized spacial score (nSPS) is 11.3. The van der Waals surface area contributed by atoms with E-state index in [4.69, 9.17) is 4.98 Å². The van der Waals surface area contributed by atoms with E-state index in [2.05, 4.69) is 221 Å². The second-order valence-corrected chi connectivity index (χ2v) is 14.7. The van der Waals surface area contributed by atoms with Crippen molar-refractivity contribution in [3.63, 3.8) is 0 Å². The van der Waals surface area contributed by atoms with Gasteiger partial charge >= 0.3 is 0 Å². The number of fused-ring (bicyclic) bond motifs is 6. The van der Waals surface area contributed by atoms with E-state index in [1.807, 2.05) is 12.1 Å². The molecule has 0 bridgehead atoms. The quantitative estimate of drug-likeness (QED) is 0.161. The van der Waals surface area contributed by atoms with Gasteiger partial charge in [-0.05, 0) is 94.9 Å². The summed E-state index contributed by atoms with van der Waals surface area (Å²) in [5.41, 5.74) is 15.3. The Bertz CT molecular complexity index is 3320. The Morgan fingerprint density at radius 3 is 1.57 bits per heavy atom. The lowest BCUT2D eigenvalue weighted by Crippen LogP contribution is -1.93. The predicted octanol–water partition coefficient (Wildman–Crippen LogP) is 13.8. The fourth-order valence-electron chi connectivity index (χ4n) is 8.39. The molecule has 3 heteroatoms. The van der Waals surface area contributed by atoms with Crippen LogP contribution in [0.2, 0.25) is 0 Å². The van der Waals surface area contributed by atoms with Crippen molar-refractivity contribution in [1.82, 2.24) is 14.1 Å². The van der Waals surface area contributed by atoms with Crippen molar-refractivity contribution in [3.8, 4) is 62.4 Å². The fraction of sp³-hybridized carbons (Fsp3) is 0. The molecular weight excluding hydrogens is 703 g/mol. The molecule has 270 valence electrons. The number of nitrogens with zero attached hydrogens (tertiary/aromatic N) is 3. The molecule has 0 aliphatic carbocycles. The summed E-state index contributed by atoms with van der Waals surface area (Å²) < 4.78 is 4.49. The molecule has 3 heterocycles. The zero-order valence-electron chi connectivity index (χ0n) is 31.5. The zero-order valence-corrected chi connectivity index (χ0v) is 31.5. The summed E-state index contributed by atoms with van der Waals surface area (Å²) in [7, 11) is 0. The highest BCUT2D eigenvalue weighted by atomic mass is 15.0. The Kier molecular flexibility index (Phi) is 8.05. The van der Waals surface area contributed by atoms with Gasteiger partial charge in [-0.25, -0.2) is 4.98 Å². The second-order valence-electron chi connectivity index (χ2n) is 14.7. The molecule has 0 amide bonds. The van der Waals surface area contributed by atoms with E-state index in [0.29, 0.717) is 0 Å². The molecule has 0 unspecified atom stereocenters. The fourth-order valence-corrected chi connectivity index (χ4v) is 8.39. The van der Waals surface area contributed by atoms with Gasteiger partial charge in [-0.3, -0.25) is 4.57 Å². The van der Waals surface area contributed by atoms with E-state index in [1.165, 1.54) is 27.1 Å². The van der Waals surface area contributed by atoms with Gasteiger partial charge in [0, 0.05) is 50.0 Å². The summed E-state index contributed by atoms with van der Waals surface area (Å²) in [6.07, 6.45) is 0. The van der Waals surface area contributed by atoms with Crippen LogP contribution in [0, 0.1) is 12.0 Å². The van der Waals surface area contributed by atoms with Crippen LogP contribution < -0.4 is 0 Å². The highest BCUT2D eigenvalue weighted by Crippen LogP contribution is 2.36. The molecule has 0 fully saturated rings. The first kappa shape index (κ1) is 33.4. The van der Waals surface area contributed by atoms with E-state index >= 15 is 0 Å². The molecule has 3 nitrogen and oxygen atoms in total. The lowest BCUT2D eigenvalue weighted by Gasteiger charge is -2.12. The predicted molar refractivity (Wildman–Crippen MR) is 242 cm³/mol. The maximum absolute atomic E-state index is 5.10. The summed E-state index contributed by atoms with van der Waals surface area (Å²) in [6.45, 7) is 0. The summed E-state index contributed by atoms with van der Waals surface area (Å²) in [5.74, 6) is 3.55. The van der Waals surface area contributed by atoms with Crippen molar-refractivity contribution in [2.45, 2.75) is 0 Å². The number of pyridine rings is 1. The van der Waals surface area contributed by atoms with Gasteiger partial charge in [0.1, 0.15) is 0 Å². The molecule has 58 heavy (non-hydrogen) atoms. The van der Waals surface area contributed by atoms with E-state index in [-0.39, 0.29) is 0 Å². The largest absolute Gasteiger partial charge is 0.309 e. The minimum atomic E-state index is 0.955. The lowest BCUT2D eigenvalue weighted by atomic mass is 9.96. The molecule has 0 aliphatic rings. The molecular formula is C55H35N3. The third kappa shape index (κ3) is 5.84. The first-order chi connectivity index (χ1) is 28.7. The zero-order chi connectivity index (χ0) is 38.4. The molecule has 0 radical (unpaired) electrons. The van der Waals surface area contributed by atoms with Gasteiger partial charge in [0.05, 0.1) is 33.5 Å². The van der Waals surface area contributed by atoms with Crippen LogP contribution in [0.25, 0.3) is 94.1 Å². The monoisotopic (exact) mass is 737 g/mol. The third-order valence-electron chi connectivity index (χ3n) is 11.2. The number of hydrogen-bond acceptors (Lipinski definition) is 1. The van der Waals surface area contributed by atoms with Crippen molar-refractivity contribution in [2.75, 3.05) is 0 Å². The summed E-state index contributed by atoms with van der Waals surface area (Å²) >= 11 is 0. The van der Waals surface area contributed by atoms with Crippen LogP contribution in [0.3, 0.4) is 0 Å². The number of benzene rings is 8. The van der Waals surface area contributed by atoms with E-state index in [9.17, 15) is 0 Å². The van der Waals surface area contributed by atoms with Crippen molar-refractivity contribution >= 4 is 43.6 Å². The van der Waals surface area contributed by atoms with Crippen LogP contribution >= 0.6 is 0 Å². The van der Waals surface area contributed by atoms with Gasteiger partial charge in [-0.1, -0.05) is 146 Å². The van der Waals surface area contributed by atoms with Crippen LogP contribution in [0.1, 0.15) is 5.56 Å². The highest BCUT2D eigenvalue weighted by molar-refractivity contribution is 6.11. The molecule has 3 aromatic heterocycles. The number of rotatable bonds is 5. The Hall–Kier alpha value is -7.93. The van der Waals surface area contributed by atoms with Gasteiger partial charge in [-0.15, -0.1) is 0 Å². The lowest BCUT2D eigenvalue weighted by molar-refractivity contribution is 1.18. The number of aromatic nitrogens is 3. The van der Waals surface area contributed by atoms with Gasteiger partial charge in [0.15, 0.2) is 0 Å². The second kappa shape index (κ2) is 14.0. The summed E-state index contributed by atoms with van der Waals surface area (Å²) in [5, 5.41) is 4.81. The van der Waals surface area contributed by atoms with Gasteiger partial charge in [-0.2, -0.15) is 0 Å². The third-order valence-corrected chi connectivity index (χ3v) is 11.2. The van der Waals surface area contributed by atoms with Crippen LogP contribution in [-0.4, -0.2) is 14.1 Å². The van der Waals surface area contributed by atoms with Gasteiger partial charge < -0.3 is 4.57 Å². The van der Waals surface area contributed by atoms with E-state index in [1.54, 1.807) is 0 Å². The summed E-state index contributed by atoms with van der Waals surface area (Å²) in [6, 6.07) is 78.8. The Labute approximate surface area is 336 Å². The van der Waals surface area contributed by atoms with Crippen LogP contribution in [-0.2, 0) is 0 Å². The van der Waals surface area contributed by atoms with Gasteiger partial charge in [0.2, 0.25) is 0 Å². The SMILES string of the molecule is C(#Cn1c2ccccc2c2cc(-c3cccc(-c4cc(-c5ccccc5)nc(-c5ccccc5)c4)c3)ccc21)c1ccc2c3ccccc3n(-c3ccccc3)c2c1. The molecule has 0 aliphatic heterocycles. The molecule has 0 N–H and O–H groups in total. The number of hydrogen-bond donors (Lipinski definition) is 0. The minimum Gasteiger partial charge on any atom is -0.309 e. The van der Waals surface area contributed by atoms with E-state index < -0.39 is 0 Å². The first-order valence-electron chi connectivity index (χ1n) is 19.6. The van der Waals surface area contributed by atoms with Crippen LogP contribution in [0.4, 0.5) is 0 Å². The molecule has 0 saturated carbocycles. The minimum absolute atomic E-state index is 0.955. The highest BCUT2D eigenvalue weighted by Gasteiger charge is 2.15. The Balaban J connectivity index is 0.999. The van der Waals surface area contributed by atoms with Crippen LogP contribution in [0.5, 0.6) is 0 Å². The smallest absolute Gasteiger partial charge is 0.0715 e. The molecule has 8 aromatic carbocycles. The molecule has 0 atom stereocenters. The Morgan fingerprint density at radius 2 is 0.862 bits per heavy atom. The standard InChI is InChI=1S/C55H35N3/c1-4-15-39(16-5-1)50-36-44(37-51(56-50)40-17-6-2-7-18-40)42-20-14-19-41(34-42)43-28-30-53-49(35-43)47-24-10-12-25-52(47)57(53)32-31-38-27-29-48-46-23-11-13-26-54(46)58(55(48)33-38)45-21-8-3-9-22-45/h1-30,33-37H.